The number of rotatable bonds is 5. The molecule has 1 aliphatic carbocycles. The van der Waals surface area contributed by atoms with Crippen molar-refractivity contribution < 1.29 is 9.59 Å². The Kier molecular flexibility index (Phi) is 5.33. The van der Waals surface area contributed by atoms with Crippen LogP contribution in [0, 0.1) is 6.92 Å². The highest BCUT2D eigenvalue weighted by atomic mass is 16.2. The molecule has 132 valence electrons. The first kappa shape index (κ1) is 17.0. The lowest BCUT2D eigenvalue weighted by molar-refractivity contribution is -0.122. The van der Waals surface area contributed by atoms with Crippen molar-refractivity contribution in [2.24, 2.45) is 0 Å². The summed E-state index contributed by atoms with van der Waals surface area (Å²) < 4.78 is 1.52. The molecule has 1 heterocycles. The van der Waals surface area contributed by atoms with E-state index in [1.54, 1.807) is 6.20 Å². The Balaban J connectivity index is 1.48. The van der Waals surface area contributed by atoms with E-state index in [4.69, 9.17) is 0 Å². The van der Waals surface area contributed by atoms with Crippen LogP contribution < -0.4 is 16.0 Å². The zero-order valence-corrected chi connectivity index (χ0v) is 14.3. The van der Waals surface area contributed by atoms with Crippen molar-refractivity contribution in [2.45, 2.75) is 45.2 Å². The van der Waals surface area contributed by atoms with Gasteiger partial charge in [-0.05, 0) is 31.9 Å². The molecule has 2 aromatic rings. The Hall–Kier alpha value is -2.83. The number of amides is 3. The Labute approximate surface area is 146 Å². The summed E-state index contributed by atoms with van der Waals surface area (Å²) in [7, 11) is 0. The second-order valence-electron chi connectivity index (χ2n) is 6.42. The van der Waals surface area contributed by atoms with Gasteiger partial charge in [0.05, 0.1) is 11.9 Å². The number of carbonyl (C=O) groups excluding carboxylic acids is 2. The second-order valence-corrected chi connectivity index (χ2v) is 6.42. The molecule has 1 aromatic carbocycles. The lowest BCUT2D eigenvalue weighted by Gasteiger charge is -2.11. The summed E-state index contributed by atoms with van der Waals surface area (Å²) in [4.78, 5) is 24.0. The summed E-state index contributed by atoms with van der Waals surface area (Å²) in [6, 6.07) is 7.48. The molecule has 0 saturated heterocycles. The molecule has 7 heteroatoms. The molecule has 1 saturated carbocycles. The Morgan fingerprint density at radius 1 is 1.12 bits per heavy atom. The number of urea groups is 1. The van der Waals surface area contributed by atoms with Gasteiger partial charge in [0.15, 0.2) is 0 Å². The topological polar surface area (TPSA) is 88.1 Å². The minimum atomic E-state index is -0.348. The van der Waals surface area contributed by atoms with Crippen molar-refractivity contribution >= 4 is 23.3 Å². The van der Waals surface area contributed by atoms with E-state index in [-0.39, 0.29) is 18.5 Å². The lowest BCUT2D eigenvalue weighted by atomic mass is 10.2. The van der Waals surface area contributed by atoms with Gasteiger partial charge in [-0.2, -0.15) is 5.10 Å². The zero-order valence-electron chi connectivity index (χ0n) is 14.3. The molecule has 0 bridgehead atoms. The fraction of sp³-hybridized carbons (Fsp3) is 0.389. The van der Waals surface area contributed by atoms with Crippen molar-refractivity contribution in [2.75, 3.05) is 10.6 Å². The van der Waals surface area contributed by atoms with Gasteiger partial charge in [0.1, 0.15) is 6.54 Å². The maximum Gasteiger partial charge on any atom is 0.323 e. The first-order valence-corrected chi connectivity index (χ1v) is 8.55. The molecule has 0 radical (unpaired) electrons. The lowest BCUT2D eigenvalue weighted by Crippen LogP contribution is -2.35. The summed E-state index contributed by atoms with van der Waals surface area (Å²) in [5.74, 6) is -0.0503. The minimum absolute atomic E-state index is 0.0503. The number of aryl methyl sites for hydroxylation is 1. The summed E-state index contributed by atoms with van der Waals surface area (Å²) >= 11 is 0. The number of aromatic nitrogens is 2. The second kappa shape index (κ2) is 7.83. The minimum Gasteiger partial charge on any atom is -0.352 e. The number of anilines is 2. The molecule has 7 nitrogen and oxygen atoms in total. The average Bonchev–Trinajstić information content (AvgIpc) is 3.22. The molecule has 1 fully saturated rings. The first-order valence-electron chi connectivity index (χ1n) is 8.55. The normalized spacial score (nSPS) is 14.3. The SMILES string of the molecule is Cc1ccc(NC(=O)Nc2cnn(CC(=O)NC3CCCC3)c2)cc1. The van der Waals surface area contributed by atoms with Crippen LogP contribution in [0.5, 0.6) is 0 Å². The van der Waals surface area contributed by atoms with Crippen LogP contribution in [0.4, 0.5) is 16.2 Å². The monoisotopic (exact) mass is 341 g/mol. The van der Waals surface area contributed by atoms with E-state index in [1.807, 2.05) is 31.2 Å². The average molecular weight is 341 g/mol. The molecular formula is C18H23N5O2. The van der Waals surface area contributed by atoms with Crippen LogP contribution in [0.15, 0.2) is 36.7 Å². The zero-order chi connectivity index (χ0) is 17.6. The van der Waals surface area contributed by atoms with Gasteiger partial charge in [-0.1, -0.05) is 30.5 Å². The van der Waals surface area contributed by atoms with Crippen LogP contribution >= 0.6 is 0 Å². The van der Waals surface area contributed by atoms with E-state index in [0.717, 1.165) is 18.4 Å². The molecule has 0 atom stereocenters. The van der Waals surface area contributed by atoms with Gasteiger partial charge < -0.3 is 16.0 Å². The highest BCUT2D eigenvalue weighted by molar-refractivity contribution is 5.99. The molecule has 0 spiro atoms. The maximum absolute atomic E-state index is 12.0. The van der Waals surface area contributed by atoms with Gasteiger partial charge in [-0.3, -0.25) is 9.48 Å². The quantitative estimate of drug-likeness (QED) is 0.781. The van der Waals surface area contributed by atoms with E-state index in [0.29, 0.717) is 17.4 Å². The number of nitrogens with one attached hydrogen (secondary N) is 3. The van der Waals surface area contributed by atoms with Gasteiger partial charge >= 0.3 is 6.03 Å². The largest absolute Gasteiger partial charge is 0.352 e. The van der Waals surface area contributed by atoms with Crippen LogP contribution in [-0.2, 0) is 11.3 Å². The molecule has 3 amide bonds. The maximum atomic E-state index is 12.0. The third kappa shape index (κ3) is 5.07. The number of benzene rings is 1. The van der Waals surface area contributed by atoms with Gasteiger partial charge in [0.25, 0.3) is 0 Å². The van der Waals surface area contributed by atoms with E-state index in [9.17, 15) is 9.59 Å². The number of carbonyl (C=O) groups is 2. The fourth-order valence-electron chi connectivity index (χ4n) is 2.94. The molecular weight excluding hydrogens is 318 g/mol. The predicted molar refractivity (Wildman–Crippen MR) is 96.4 cm³/mol. The molecule has 1 aromatic heterocycles. The third-order valence-corrected chi connectivity index (χ3v) is 4.23. The number of hydrogen-bond acceptors (Lipinski definition) is 3. The smallest absolute Gasteiger partial charge is 0.323 e. The molecule has 3 rings (SSSR count). The highest BCUT2D eigenvalue weighted by Crippen LogP contribution is 2.17. The van der Waals surface area contributed by atoms with Crippen LogP contribution in [0.25, 0.3) is 0 Å². The van der Waals surface area contributed by atoms with Crippen molar-refractivity contribution in [3.63, 3.8) is 0 Å². The van der Waals surface area contributed by atoms with Crippen molar-refractivity contribution in [1.29, 1.82) is 0 Å². The van der Waals surface area contributed by atoms with Crippen LogP contribution in [0.3, 0.4) is 0 Å². The van der Waals surface area contributed by atoms with Gasteiger partial charge in [0.2, 0.25) is 5.91 Å². The van der Waals surface area contributed by atoms with Crippen molar-refractivity contribution in [3.05, 3.63) is 42.2 Å². The summed E-state index contributed by atoms with van der Waals surface area (Å²) in [5.41, 5.74) is 2.38. The van der Waals surface area contributed by atoms with Gasteiger partial charge in [-0.15, -0.1) is 0 Å². The Morgan fingerprint density at radius 3 is 2.52 bits per heavy atom. The molecule has 0 aliphatic heterocycles. The summed E-state index contributed by atoms with van der Waals surface area (Å²) in [6.07, 6.45) is 7.63. The summed E-state index contributed by atoms with van der Waals surface area (Å²) in [5, 5.41) is 12.6. The van der Waals surface area contributed by atoms with E-state index in [1.165, 1.54) is 23.7 Å². The van der Waals surface area contributed by atoms with E-state index >= 15 is 0 Å². The Morgan fingerprint density at radius 2 is 1.80 bits per heavy atom. The molecule has 1 aliphatic rings. The number of hydrogen-bond donors (Lipinski definition) is 3. The van der Waals surface area contributed by atoms with Crippen LogP contribution in [-0.4, -0.2) is 27.8 Å². The van der Waals surface area contributed by atoms with Crippen LogP contribution in [0.2, 0.25) is 0 Å². The van der Waals surface area contributed by atoms with Crippen molar-refractivity contribution in [1.82, 2.24) is 15.1 Å². The van der Waals surface area contributed by atoms with Gasteiger partial charge in [-0.25, -0.2) is 4.79 Å². The third-order valence-electron chi connectivity index (χ3n) is 4.23. The molecule has 0 unspecified atom stereocenters. The number of nitrogens with zero attached hydrogens (tertiary/aromatic N) is 2. The first-order chi connectivity index (χ1) is 12.1. The van der Waals surface area contributed by atoms with Crippen molar-refractivity contribution in [3.8, 4) is 0 Å². The predicted octanol–water partition coefficient (Wildman–Crippen LogP) is 2.89. The summed E-state index contributed by atoms with van der Waals surface area (Å²) in [6.45, 7) is 2.14. The molecule has 25 heavy (non-hydrogen) atoms. The van der Waals surface area contributed by atoms with E-state index in [2.05, 4.69) is 21.0 Å². The van der Waals surface area contributed by atoms with E-state index < -0.39 is 0 Å². The fourth-order valence-corrected chi connectivity index (χ4v) is 2.94. The Bertz CT molecular complexity index is 732. The standard InChI is InChI=1S/C18H23N5O2/c1-13-6-8-15(9-7-13)21-18(25)22-16-10-19-23(11-16)12-17(24)20-14-4-2-3-5-14/h6-11,14H,2-5,12H2,1H3,(H,20,24)(H2,21,22,25). The van der Waals surface area contributed by atoms with Crippen LogP contribution in [0.1, 0.15) is 31.2 Å². The highest BCUT2D eigenvalue weighted by Gasteiger charge is 2.17. The molecule has 3 N–H and O–H groups in total. The van der Waals surface area contributed by atoms with Gasteiger partial charge in [0, 0.05) is 17.9 Å².